The van der Waals surface area contributed by atoms with Crippen LogP contribution in [-0.2, 0) is 11.2 Å². The molecule has 4 rings (SSSR count). The van der Waals surface area contributed by atoms with Crippen LogP contribution in [0, 0.1) is 0 Å². The highest BCUT2D eigenvalue weighted by molar-refractivity contribution is 7.18. The van der Waals surface area contributed by atoms with Crippen molar-refractivity contribution < 1.29 is 14.3 Å². The minimum Gasteiger partial charge on any atom is -0.454 e. The van der Waals surface area contributed by atoms with Gasteiger partial charge in [0.15, 0.2) is 11.5 Å². The van der Waals surface area contributed by atoms with Gasteiger partial charge < -0.3 is 14.8 Å². The largest absolute Gasteiger partial charge is 0.454 e. The van der Waals surface area contributed by atoms with E-state index in [0.717, 1.165) is 27.6 Å². The first kappa shape index (κ1) is 15.6. The number of rotatable bonds is 5. The van der Waals surface area contributed by atoms with Gasteiger partial charge in [0.2, 0.25) is 17.8 Å². The van der Waals surface area contributed by atoms with Crippen LogP contribution >= 0.6 is 11.3 Å². The van der Waals surface area contributed by atoms with Crippen LogP contribution in [0.2, 0.25) is 0 Å². The molecule has 0 bridgehead atoms. The fraction of sp³-hybridized carbons (Fsp3) is 0.167. The Balaban J connectivity index is 1.34. The Morgan fingerprint density at radius 2 is 1.92 bits per heavy atom. The average molecular weight is 353 g/mol. The Labute approximate surface area is 148 Å². The van der Waals surface area contributed by atoms with Gasteiger partial charge in [-0.05, 0) is 24.1 Å². The highest BCUT2D eigenvalue weighted by atomic mass is 32.1. The SMILES string of the molecule is O=C(CCc1ccc2c(c1)OCO2)Nc1nnc(-c2ccccc2)s1. The van der Waals surface area contributed by atoms with Crippen LogP contribution < -0.4 is 14.8 Å². The zero-order valence-corrected chi connectivity index (χ0v) is 14.1. The number of fused-ring (bicyclic) bond motifs is 1. The summed E-state index contributed by atoms with van der Waals surface area (Å²) in [6.07, 6.45) is 0.979. The van der Waals surface area contributed by atoms with E-state index in [1.165, 1.54) is 11.3 Å². The second-order valence-electron chi connectivity index (χ2n) is 5.51. The van der Waals surface area contributed by atoms with E-state index in [9.17, 15) is 4.79 Å². The van der Waals surface area contributed by atoms with E-state index in [1.807, 2.05) is 48.5 Å². The normalized spacial score (nSPS) is 12.2. The molecule has 0 saturated heterocycles. The number of carbonyl (C=O) groups is 1. The molecule has 25 heavy (non-hydrogen) atoms. The van der Waals surface area contributed by atoms with Gasteiger partial charge in [0.1, 0.15) is 5.01 Å². The summed E-state index contributed by atoms with van der Waals surface area (Å²) in [5, 5.41) is 12.3. The van der Waals surface area contributed by atoms with Crippen LogP contribution in [-0.4, -0.2) is 22.9 Å². The van der Waals surface area contributed by atoms with Crippen molar-refractivity contribution >= 4 is 22.4 Å². The number of amides is 1. The van der Waals surface area contributed by atoms with Crippen LogP contribution in [0.1, 0.15) is 12.0 Å². The van der Waals surface area contributed by atoms with Gasteiger partial charge in [0.25, 0.3) is 0 Å². The Bertz CT molecular complexity index is 896. The Hall–Kier alpha value is -2.93. The first-order chi connectivity index (χ1) is 12.3. The van der Waals surface area contributed by atoms with E-state index in [4.69, 9.17) is 9.47 Å². The maximum absolute atomic E-state index is 12.1. The number of nitrogens with one attached hydrogen (secondary N) is 1. The van der Waals surface area contributed by atoms with Gasteiger partial charge in [0.05, 0.1) is 0 Å². The number of carbonyl (C=O) groups excluding carboxylic acids is 1. The molecule has 2 heterocycles. The zero-order valence-electron chi connectivity index (χ0n) is 13.3. The van der Waals surface area contributed by atoms with Crippen LogP contribution in [0.4, 0.5) is 5.13 Å². The van der Waals surface area contributed by atoms with E-state index in [1.54, 1.807) is 0 Å². The van der Waals surface area contributed by atoms with Gasteiger partial charge in [-0.1, -0.05) is 47.7 Å². The van der Waals surface area contributed by atoms with E-state index >= 15 is 0 Å². The molecule has 1 aliphatic rings. The molecule has 1 aliphatic heterocycles. The predicted octanol–water partition coefficient (Wildman–Crippen LogP) is 3.51. The Morgan fingerprint density at radius 1 is 1.08 bits per heavy atom. The first-order valence-corrected chi connectivity index (χ1v) is 8.67. The summed E-state index contributed by atoms with van der Waals surface area (Å²) >= 11 is 1.36. The molecule has 3 aromatic rings. The topological polar surface area (TPSA) is 73.3 Å². The van der Waals surface area contributed by atoms with Crippen molar-refractivity contribution in [1.82, 2.24) is 10.2 Å². The number of ether oxygens (including phenoxy) is 2. The maximum Gasteiger partial charge on any atom is 0.231 e. The second-order valence-corrected chi connectivity index (χ2v) is 6.49. The lowest BCUT2D eigenvalue weighted by molar-refractivity contribution is -0.116. The number of benzene rings is 2. The summed E-state index contributed by atoms with van der Waals surface area (Å²) < 4.78 is 10.6. The van der Waals surface area contributed by atoms with Crippen molar-refractivity contribution in [3.05, 3.63) is 54.1 Å². The molecule has 1 N–H and O–H groups in total. The monoisotopic (exact) mass is 353 g/mol. The Morgan fingerprint density at radius 3 is 2.80 bits per heavy atom. The van der Waals surface area contributed by atoms with Crippen molar-refractivity contribution in [3.63, 3.8) is 0 Å². The minimum atomic E-state index is -0.0894. The molecule has 0 aliphatic carbocycles. The zero-order chi connectivity index (χ0) is 17.1. The molecule has 0 fully saturated rings. The van der Waals surface area contributed by atoms with Crippen molar-refractivity contribution in [2.75, 3.05) is 12.1 Å². The minimum absolute atomic E-state index is 0.0894. The summed E-state index contributed by atoms with van der Waals surface area (Å²) in [4.78, 5) is 12.1. The molecule has 126 valence electrons. The van der Waals surface area contributed by atoms with Gasteiger partial charge in [-0.25, -0.2) is 0 Å². The maximum atomic E-state index is 12.1. The number of aryl methyl sites for hydroxylation is 1. The van der Waals surface area contributed by atoms with E-state index in [0.29, 0.717) is 18.0 Å². The van der Waals surface area contributed by atoms with Crippen molar-refractivity contribution in [1.29, 1.82) is 0 Å². The fourth-order valence-corrected chi connectivity index (χ4v) is 3.27. The lowest BCUT2D eigenvalue weighted by Gasteiger charge is -2.03. The first-order valence-electron chi connectivity index (χ1n) is 7.85. The van der Waals surface area contributed by atoms with E-state index < -0.39 is 0 Å². The molecule has 0 spiro atoms. The molecule has 0 radical (unpaired) electrons. The smallest absolute Gasteiger partial charge is 0.231 e. The van der Waals surface area contributed by atoms with Crippen molar-refractivity contribution in [3.8, 4) is 22.1 Å². The van der Waals surface area contributed by atoms with Gasteiger partial charge in [-0.15, -0.1) is 10.2 Å². The molecule has 0 saturated carbocycles. The molecular formula is C18H15N3O3S. The van der Waals surface area contributed by atoms with Gasteiger partial charge in [-0.2, -0.15) is 0 Å². The molecule has 0 atom stereocenters. The molecule has 6 nitrogen and oxygen atoms in total. The third kappa shape index (κ3) is 3.61. The van der Waals surface area contributed by atoms with Crippen LogP contribution in [0.5, 0.6) is 11.5 Å². The summed E-state index contributed by atoms with van der Waals surface area (Å²) in [6.45, 7) is 0.250. The highest BCUT2D eigenvalue weighted by Gasteiger charge is 2.14. The number of aromatic nitrogens is 2. The number of nitrogens with zero attached hydrogens (tertiary/aromatic N) is 2. The molecular weight excluding hydrogens is 338 g/mol. The van der Waals surface area contributed by atoms with Crippen molar-refractivity contribution in [2.45, 2.75) is 12.8 Å². The molecule has 1 aromatic heterocycles. The molecule has 1 amide bonds. The van der Waals surface area contributed by atoms with Crippen LogP contribution in [0.15, 0.2) is 48.5 Å². The van der Waals surface area contributed by atoms with Crippen LogP contribution in [0.25, 0.3) is 10.6 Å². The third-order valence-electron chi connectivity index (χ3n) is 3.77. The Kier molecular flexibility index (Phi) is 4.30. The summed E-state index contributed by atoms with van der Waals surface area (Å²) in [7, 11) is 0. The van der Waals surface area contributed by atoms with Gasteiger partial charge in [0, 0.05) is 12.0 Å². The average Bonchev–Trinajstić information content (AvgIpc) is 3.29. The predicted molar refractivity (Wildman–Crippen MR) is 94.9 cm³/mol. The van der Waals surface area contributed by atoms with E-state index in [2.05, 4.69) is 15.5 Å². The lowest BCUT2D eigenvalue weighted by atomic mass is 10.1. The number of hydrogen-bond acceptors (Lipinski definition) is 6. The summed E-state index contributed by atoms with van der Waals surface area (Å²) in [5.41, 5.74) is 2.02. The second kappa shape index (κ2) is 6.90. The summed E-state index contributed by atoms with van der Waals surface area (Å²) in [6, 6.07) is 15.5. The fourth-order valence-electron chi connectivity index (χ4n) is 2.51. The van der Waals surface area contributed by atoms with Crippen molar-refractivity contribution in [2.24, 2.45) is 0 Å². The standard InChI is InChI=1S/C18H15N3O3S/c22-16(9-7-12-6-8-14-15(10-12)24-11-23-14)19-18-21-20-17(25-18)13-4-2-1-3-5-13/h1-6,8,10H,7,9,11H2,(H,19,21,22). The quantitative estimate of drug-likeness (QED) is 0.760. The molecule has 7 heteroatoms. The third-order valence-corrected chi connectivity index (χ3v) is 4.66. The molecule has 2 aromatic carbocycles. The number of anilines is 1. The summed E-state index contributed by atoms with van der Waals surface area (Å²) in [5.74, 6) is 1.39. The van der Waals surface area contributed by atoms with Crippen LogP contribution in [0.3, 0.4) is 0 Å². The lowest BCUT2D eigenvalue weighted by Crippen LogP contribution is -2.12. The van der Waals surface area contributed by atoms with E-state index in [-0.39, 0.29) is 12.7 Å². The van der Waals surface area contributed by atoms with Gasteiger partial charge in [-0.3, -0.25) is 4.79 Å². The molecule has 0 unspecified atom stereocenters. The highest BCUT2D eigenvalue weighted by Crippen LogP contribution is 2.32. The number of hydrogen-bond donors (Lipinski definition) is 1. The van der Waals surface area contributed by atoms with Gasteiger partial charge >= 0.3 is 0 Å².